The van der Waals surface area contributed by atoms with E-state index in [1.165, 1.54) is 19.3 Å². The van der Waals surface area contributed by atoms with E-state index in [0.29, 0.717) is 12.1 Å². The lowest BCUT2D eigenvalue weighted by Crippen LogP contribution is -2.36. The van der Waals surface area contributed by atoms with Gasteiger partial charge >= 0.3 is 0 Å². The molecule has 3 atom stereocenters. The topological polar surface area (TPSA) is 32.3 Å². The van der Waals surface area contributed by atoms with Crippen LogP contribution in [0, 0.1) is 0 Å². The first-order valence-corrected chi connectivity index (χ1v) is 3.80. The quantitative estimate of drug-likeness (QED) is 0.551. The van der Waals surface area contributed by atoms with Crippen molar-refractivity contribution in [2.24, 2.45) is 0 Å². The van der Waals surface area contributed by atoms with E-state index in [-0.39, 0.29) is 18.5 Å². The zero-order valence-corrected chi connectivity index (χ0v) is 6.73. The maximum Gasteiger partial charge on any atom is 0.0708 e. The molecule has 2 rings (SSSR count). The predicted octanol–water partition coefficient (Wildman–Crippen LogP) is 0.683. The van der Waals surface area contributed by atoms with Crippen LogP contribution in [-0.4, -0.2) is 23.3 Å². The molecule has 0 aromatic heterocycles. The number of fused-ring (bicyclic) bond motifs is 2. The number of hydrogen-bond acceptors (Lipinski definition) is 2. The van der Waals surface area contributed by atoms with Crippen LogP contribution in [0.3, 0.4) is 0 Å². The number of nitrogens with one attached hydrogen (secondary N) is 1. The summed E-state index contributed by atoms with van der Waals surface area (Å²) in [6, 6.07) is 1.07. The van der Waals surface area contributed by atoms with E-state index in [9.17, 15) is 5.11 Å². The van der Waals surface area contributed by atoms with Gasteiger partial charge in [-0.1, -0.05) is 6.42 Å². The summed E-state index contributed by atoms with van der Waals surface area (Å²) in [5, 5.41) is 12.7. The highest BCUT2D eigenvalue weighted by atomic mass is 35.5. The average molecular weight is 164 g/mol. The Morgan fingerprint density at radius 1 is 1.30 bits per heavy atom. The van der Waals surface area contributed by atoms with E-state index in [2.05, 4.69) is 5.32 Å². The Labute approximate surface area is 67.4 Å². The van der Waals surface area contributed by atoms with E-state index in [1.807, 2.05) is 0 Å². The van der Waals surface area contributed by atoms with Crippen molar-refractivity contribution in [3.8, 4) is 0 Å². The maximum atomic E-state index is 9.34. The van der Waals surface area contributed by atoms with Gasteiger partial charge in [0.1, 0.15) is 0 Å². The molecule has 0 amide bonds. The highest BCUT2D eigenvalue weighted by Crippen LogP contribution is 2.26. The van der Waals surface area contributed by atoms with Crippen LogP contribution in [0.4, 0.5) is 0 Å². The highest BCUT2D eigenvalue weighted by Gasteiger charge is 2.34. The van der Waals surface area contributed by atoms with Crippen LogP contribution in [0.15, 0.2) is 0 Å². The lowest BCUT2D eigenvalue weighted by molar-refractivity contribution is 0.156. The lowest BCUT2D eigenvalue weighted by Gasteiger charge is -2.20. The molecule has 0 aromatic rings. The Balaban J connectivity index is 0.000000500. The fraction of sp³-hybridized carbons (Fsp3) is 1.00. The third-order valence-electron chi connectivity index (χ3n) is 2.51. The monoisotopic (exact) mass is 163 g/mol. The smallest absolute Gasteiger partial charge is 0.0708 e. The number of rotatable bonds is 0. The lowest BCUT2D eigenvalue weighted by atomic mass is 10.1. The molecule has 2 heterocycles. The Morgan fingerprint density at radius 2 is 2.10 bits per heavy atom. The van der Waals surface area contributed by atoms with Crippen LogP contribution in [0.5, 0.6) is 0 Å². The second kappa shape index (κ2) is 3.07. The van der Waals surface area contributed by atoms with Crippen molar-refractivity contribution in [3.05, 3.63) is 0 Å². The van der Waals surface area contributed by atoms with Crippen molar-refractivity contribution in [3.63, 3.8) is 0 Å². The largest absolute Gasteiger partial charge is 0.391 e. The summed E-state index contributed by atoms with van der Waals surface area (Å²) in [6.45, 7) is 0. The number of aliphatic hydroxyl groups is 1. The van der Waals surface area contributed by atoms with E-state index >= 15 is 0 Å². The molecule has 2 fully saturated rings. The summed E-state index contributed by atoms with van der Waals surface area (Å²) in [7, 11) is 0. The van der Waals surface area contributed by atoms with Crippen molar-refractivity contribution in [1.82, 2.24) is 5.32 Å². The van der Waals surface area contributed by atoms with Crippen LogP contribution in [-0.2, 0) is 0 Å². The van der Waals surface area contributed by atoms with Crippen LogP contribution in [0.2, 0.25) is 0 Å². The first-order valence-electron chi connectivity index (χ1n) is 3.80. The van der Waals surface area contributed by atoms with Gasteiger partial charge in [-0.3, -0.25) is 0 Å². The zero-order chi connectivity index (χ0) is 6.27. The SMILES string of the molecule is Cl.O[C@H]1C[C@@H]2CCC[C@@H]1N2. The number of hydrogen-bond donors (Lipinski definition) is 2. The second-order valence-corrected chi connectivity index (χ2v) is 3.20. The van der Waals surface area contributed by atoms with Crippen LogP contribution in [0.1, 0.15) is 25.7 Å². The van der Waals surface area contributed by atoms with Crippen LogP contribution in [0.25, 0.3) is 0 Å². The van der Waals surface area contributed by atoms with Crippen molar-refractivity contribution in [2.75, 3.05) is 0 Å². The Kier molecular flexibility index (Phi) is 2.55. The number of halogens is 1. The number of aliphatic hydroxyl groups excluding tert-OH is 1. The molecule has 0 aromatic carbocycles. The van der Waals surface area contributed by atoms with Crippen LogP contribution < -0.4 is 5.32 Å². The molecule has 2 saturated heterocycles. The molecule has 0 aliphatic carbocycles. The molecule has 0 spiro atoms. The fourth-order valence-corrected chi connectivity index (χ4v) is 2.00. The Bertz CT molecular complexity index is 118. The fourth-order valence-electron chi connectivity index (χ4n) is 2.00. The van der Waals surface area contributed by atoms with Crippen molar-refractivity contribution in [2.45, 2.75) is 43.9 Å². The summed E-state index contributed by atoms with van der Waals surface area (Å²) >= 11 is 0. The van der Waals surface area contributed by atoms with Gasteiger partial charge in [0.05, 0.1) is 6.10 Å². The summed E-state index contributed by atoms with van der Waals surface area (Å²) < 4.78 is 0. The van der Waals surface area contributed by atoms with Gasteiger partial charge in [0, 0.05) is 12.1 Å². The van der Waals surface area contributed by atoms with E-state index in [4.69, 9.17) is 0 Å². The van der Waals surface area contributed by atoms with Crippen molar-refractivity contribution >= 4 is 12.4 Å². The second-order valence-electron chi connectivity index (χ2n) is 3.20. The van der Waals surface area contributed by atoms with Gasteiger partial charge in [-0.05, 0) is 19.3 Å². The molecular weight excluding hydrogens is 150 g/mol. The van der Waals surface area contributed by atoms with Gasteiger partial charge in [-0.2, -0.15) is 0 Å². The van der Waals surface area contributed by atoms with E-state index in [0.717, 1.165) is 6.42 Å². The molecule has 2 aliphatic rings. The third-order valence-corrected chi connectivity index (χ3v) is 2.51. The first-order chi connectivity index (χ1) is 4.36. The Hall–Kier alpha value is 0.210. The molecule has 2 aliphatic heterocycles. The van der Waals surface area contributed by atoms with Gasteiger partial charge in [-0.25, -0.2) is 0 Å². The maximum absolute atomic E-state index is 9.34. The molecule has 10 heavy (non-hydrogen) atoms. The normalized spacial score (nSPS) is 44.7. The standard InChI is InChI=1S/C7H13NO.ClH/c9-7-4-5-2-1-3-6(7)8-5;/h5-9H,1-4H2;1H/t5-,6-,7-;/m0./s1. The Morgan fingerprint density at radius 3 is 2.70 bits per heavy atom. The zero-order valence-electron chi connectivity index (χ0n) is 5.92. The molecule has 2 nitrogen and oxygen atoms in total. The van der Waals surface area contributed by atoms with Crippen molar-refractivity contribution in [1.29, 1.82) is 0 Å². The summed E-state index contributed by atoms with van der Waals surface area (Å²) in [5.74, 6) is 0. The van der Waals surface area contributed by atoms with Gasteiger partial charge < -0.3 is 10.4 Å². The van der Waals surface area contributed by atoms with Gasteiger partial charge in [0.2, 0.25) is 0 Å². The van der Waals surface area contributed by atoms with Gasteiger partial charge in [-0.15, -0.1) is 12.4 Å². The minimum atomic E-state index is -0.0440. The van der Waals surface area contributed by atoms with Crippen molar-refractivity contribution < 1.29 is 5.11 Å². The van der Waals surface area contributed by atoms with Crippen LogP contribution >= 0.6 is 12.4 Å². The summed E-state index contributed by atoms with van der Waals surface area (Å²) in [5.41, 5.74) is 0. The average Bonchev–Trinajstić information content (AvgIpc) is 2.09. The molecule has 0 radical (unpaired) electrons. The minimum Gasteiger partial charge on any atom is -0.391 e. The molecule has 2 bridgehead atoms. The first kappa shape index (κ1) is 8.31. The molecule has 3 heteroatoms. The predicted molar refractivity (Wildman–Crippen MR) is 42.4 cm³/mol. The third kappa shape index (κ3) is 1.29. The molecule has 0 saturated carbocycles. The molecule has 2 N–H and O–H groups in total. The van der Waals surface area contributed by atoms with E-state index in [1.54, 1.807) is 0 Å². The minimum absolute atomic E-state index is 0. The highest BCUT2D eigenvalue weighted by molar-refractivity contribution is 5.85. The molecule has 60 valence electrons. The summed E-state index contributed by atoms with van der Waals surface area (Å²) in [6.07, 6.45) is 4.70. The number of piperidine rings is 1. The molecule has 0 unspecified atom stereocenters. The summed E-state index contributed by atoms with van der Waals surface area (Å²) in [4.78, 5) is 0. The van der Waals surface area contributed by atoms with Gasteiger partial charge in [0.15, 0.2) is 0 Å². The molecular formula is C7H14ClNO. The van der Waals surface area contributed by atoms with Gasteiger partial charge in [0.25, 0.3) is 0 Å². The van der Waals surface area contributed by atoms with E-state index < -0.39 is 0 Å².